The zero-order chi connectivity index (χ0) is 19.7. The molecule has 0 aliphatic carbocycles. The fraction of sp³-hybridized carbons (Fsp3) is 0.400. The van der Waals surface area contributed by atoms with Crippen molar-refractivity contribution in [3.8, 4) is 0 Å². The number of pyridine rings is 1. The van der Waals surface area contributed by atoms with Gasteiger partial charge < -0.3 is 4.90 Å². The van der Waals surface area contributed by atoms with E-state index < -0.39 is 10.0 Å². The highest BCUT2D eigenvalue weighted by molar-refractivity contribution is 8.00. The monoisotopic (exact) mass is 417 g/mol. The van der Waals surface area contributed by atoms with E-state index >= 15 is 0 Å². The fourth-order valence-corrected chi connectivity index (χ4v) is 6.36. The molecule has 1 aromatic heterocycles. The van der Waals surface area contributed by atoms with E-state index in [9.17, 15) is 13.2 Å². The molecule has 1 fully saturated rings. The zero-order valence-electron chi connectivity index (χ0n) is 15.7. The van der Waals surface area contributed by atoms with Crippen molar-refractivity contribution in [3.05, 3.63) is 48.8 Å². The Bertz CT molecular complexity index is 958. The van der Waals surface area contributed by atoms with Crippen molar-refractivity contribution in [2.45, 2.75) is 34.8 Å². The summed E-state index contributed by atoms with van der Waals surface area (Å²) >= 11 is 1.79. The van der Waals surface area contributed by atoms with E-state index in [2.05, 4.69) is 18.0 Å². The highest BCUT2D eigenvalue weighted by Gasteiger charge is 2.36. The summed E-state index contributed by atoms with van der Waals surface area (Å²) in [5.41, 5.74) is 0.973. The number of sulfonamides is 1. The van der Waals surface area contributed by atoms with Crippen molar-refractivity contribution in [1.82, 2.24) is 9.29 Å². The molecule has 8 heteroatoms. The third kappa shape index (κ3) is 3.68. The van der Waals surface area contributed by atoms with Gasteiger partial charge in [0.05, 0.1) is 5.69 Å². The number of aromatic nitrogens is 1. The molecule has 0 saturated carbocycles. The highest BCUT2D eigenvalue weighted by Crippen LogP contribution is 2.39. The smallest absolute Gasteiger partial charge is 0.244 e. The van der Waals surface area contributed by atoms with Gasteiger partial charge in [0.2, 0.25) is 15.9 Å². The van der Waals surface area contributed by atoms with E-state index in [0.29, 0.717) is 37.7 Å². The summed E-state index contributed by atoms with van der Waals surface area (Å²) in [6.07, 6.45) is 4.01. The van der Waals surface area contributed by atoms with Gasteiger partial charge in [0.1, 0.15) is 4.90 Å². The third-order valence-electron chi connectivity index (χ3n) is 5.27. The van der Waals surface area contributed by atoms with Crippen LogP contribution in [-0.4, -0.2) is 48.5 Å². The summed E-state index contributed by atoms with van der Waals surface area (Å²) in [6.45, 7) is 3.53. The van der Waals surface area contributed by atoms with Crippen LogP contribution < -0.4 is 4.90 Å². The van der Waals surface area contributed by atoms with E-state index in [4.69, 9.17) is 0 Å². The number of hydrogen-bond acceptors (Lipinski definition) is 5. The van der Waals surface area contributed by atoms with Crippen LogP contribution in [0, 0.1) is 5.92 Å². The first-order chi connectivity index (χ1) is 13.5. The van der Waals surface area contributed by atoms with Gasteiger partial charge in [-0.05, 0) is 37.1 Å². The van der Waals surface area contributed by atoms with Crippen LogP contribution in [-0.2, 0) is 14.8 Å². The van der Waals surface area contributed by atoms with Gasteiger partial charge in [-0.1, -0.05) is 19.1 Å². The zero-order valence-corrected chi connectivity index (χ0v) is 17.3. The molecule has 2 aromatic rings. The minimum absolute atomic E-state index is 0.109. The highest BCUT2D eigenvalue weighted by atomic mass is 32.2. The predicted molar refractivity (Wildman–Crippen MR) is 110 cm³/mol. The maximum atomic E-state index is 13.2. The fourth-order valence-electron chi connectivity index (χ4n) is 3.81. The Labute approximate surface area is 170 Å². The van der Waals surface area contributed by atoms with E-state index in [0.717, 1.165) is 10.6 Å². The molecule has 0 N–H and O–H groups in total. The number of nitrogens with zero attached hydrogens (tertiary/aromatic N) is 3. The molecule has 1 saturated heterocycles. The largest absolute Gasteiger partial charge is 0.310 e. The Morgan fingerprint density at radius 2 is 1.89 bits per heavy atom. The van der Waals surface area contributed by atoms with E-state index in [1.165, 1.54) is 10.5 Å². The minimum atomic E-state index is -3.55. The molecule has 148 valence electrons. The number of amides is 1. The molecule has 1 amide bonds. The molecule has 6 nitrogen and oxygen atoms in total. The lowest BCUT2D eigenvalue weighted by molar-refractivity contribution is -0.123. The number of carbonyl (C=O) groups is 1. The Hall–Kier alpha value is -1.90. The quantitative estimate of drug-likeness (QED) is 0.768. The molecular formula is C20H23N3O3S2. The van der Waals surface area contributed by atoms with Crippen molar-refractivity contribution >= 4 is 33.4 Å². The van der Waals surface area contributed by atoms with Gasteiger partial charge in [-0.15, -0.1) is 11.8 Å². The number of hydrogen-bond donors (Lipinski definition) is 0. The molecule has 2 aliphatic heterocycles. The second-order valence-electron chi connectivity index (χ2n) is 7.21. The number of benzene rings is 1. The normalized spacial score (nSPS) is 21.3. The van der Waals surface area contributed by atoms with Gasteiger partial charge in [0, 0.05) is 48.1 Å². The van der Waals surface area contributed by atoms with Crippen LogP contribution in [0.3, 0.4) is 0 Å². The molecule has 1 atom stereocenters. The standard InChI is InChI=1S/C20H23N3O3S2/c1-15-14-23(18-6-2-3-7-19(18)27-15)20(24)16-8-11-22(12-9-16)28(25,26)17-5-4-10-21-13-17/h2-7,10,13,15-16H,8-9,11-12,14H2,1H3. The van der Waals surface area contributed by atoms with Crippen LogP contribution in [0.25, 0.3) is 0 Å². The van der Waals surface area contributed by atoms with Gasteiger partial charge in [0.15, 0.2) is 0 Å². The van der Waals surface area contributed by atoms with Crippen LogP contribution in [0.2, 0.25) is 0 Å². The molecule has 1 aromatic carbocycles. The van der Waals surface area contributed by atoms with Crippen LogP contribution in [0.5, 0.6) is 0 Å². The van der Waals surface area contributed by atoms with Gasteiger partial charge in [-0.25, -0.2) is 8.42 Å². The summed E-state index contributed by atoms with van der Waals surface area (Å²) in [5.74, 6) is -0.0401. The number of rotatable bonds is 3. The van der Waals surface area contributed by atoms with Crippen LogP contribution in [0.15, 0.2) is 58.6 Å². The summed E-state index contributed by atoms with van der Waals surface area (Å²) < 4.78 is 27.0. The molecule has 1 unspecified atom stereocenters. The number of piperidine rings is 1. The lowest BCUT2D eigenvalue weighted by atomic mass is 9.96. The first-order valence-corrected chi connectivity index (χ1v) is 11.8. The average molecular weight is 418 g/mol. The molecule has 2 aliphatic rings. The number of anilines is 1. The summed E-state index contributed by atoms with van der Waals surface area (Å²) in [5, 5.41) is 0.338. The van der Waals surface area contributed by atoms with Crippen molar-refractivity contribution in [3.63, 3.8) is 0 Å². The minimum Gasteiger partial charge on any atom is -0.310 e. The summed E-state index contributed by atoms with van der Waals surface area (Å²) in [4.78, 5) is 20.4. The van der Waals surface area contributed by atoms with Crippen LogP contribution >= 0.6 is 11.8 Å². The predicted octanol–water partition coefficient (Wildman–Crippen LogP) is 3.01. The topological polar surface area (TPSA) is 70.6 Å². The van der Waals surface area contributed by atoms with Crippen molar-refractivity contribution < 1.29 is 13.2 Å². The number of fused-ring (bicyclic) bond motifs is 1. The molecule has 0 bridgehead atoms. The summed E-state index contributed by atoms with van der Waals surface area (Å²) in [6, 6.07) is 11.2. The van der Waals surface area contributed by atoms with Crippen molar-refractivity contribution in [2.24, 2.45) is 5.92 Å². The van der Waals surface area contributed by atoms with Gasteiger partial charge >= 0.3 is 0 Å². The second kappa shape index (κ2) is 7.85. The van der Waals surface area contributed by atoms with E-state index in [1.807, 2.05) is 23.1 Å². The molecular weight excluding hydrogens is 394 g/mol. The lowest BCUT2D eigenvalue weighted by Gasteiger charge is -2.37. The molecule has 4 rings (SSSR count). The maximum absolute atomic E-state index is 13.2. The van der Waals surface area contributed by atoms with Crippen molar-refractivity contribution in [2.75, 3.05) is 24.5 Å². The van der Waals surface area contributed by atoms with E-state index in [1.54, 1.807) is 30.1 Å². The van der Waals surface area contributed by atoms with Crippen LogP contribution in [0.4, 0.5) is 5.69 Å². The number of para-hydroxylation sites is 1. The Morgan fingerprint density at radius 3 is 2.61 bits per heavy atom. The van der Waals surface area contributed by atoms with E-state index in [-0.39, 0.29) is 16.7 Å². The van der Waals surface area contributed by atoms with Crippen LogP contribution in [0.1, 0.15) is 19.8 Å². The Morgan fingerprint density at radius 1 is 1.14 bits per heavy atom. The van der Waals surface area contributed by atoms with Gasteiger partial charge in [0.25, 0.3) is 0 Å². The molecule has 0 spiro atoms. The van der Waals surface area contributed by atoms with Gasteiger partial charge in [-0.2, -0.15) is 4.31 Å². The third-order valence-corrected chi connectivity index (χ3v) is 8.30. The lowest BCUT2D eigenvalue weighted by Crippen LogP contribution is -2.46. The molecule has 28 heavy (non-hydrogen) atoms. The Balaban J connectivity index is 1.47. The summed E-state index contributed by atoms with van der Waals surface area (Å²) in [7, 11) is -3.55. The van der Waals surface area contributed by atoms with Gasteiger partial charge in [-0.3, -0.25) is 9.78 Å². The second-order valence-corrected chi connectivity index (χ2v) is 10.6. The molecule has 3 heterocycles. The first kappa shape index (κ1) is 19.4. The maximum Gasteiger partial charge on any atom is 0.244 e. The average Bonchev–Trinajstić information content (AvgIpc) is 2.73. The molecule has 0 radical (unpaired) electrons. The number of carbonyl (C=O) groups excluding carboxylic acids is 1. The first-order valence-electron chi connectivity index (χ1n) is 9.44. The number of thioether (sulfide) groups is 1. The SMILES string of the molecule is CC1CN(C(=O)C2CCN(S(=O)(=O)c3cccnc3)CC2)c2ccccc2S1. The van der Waals surface area contributed by atoms with Crippen molar-refractivity contribution in [1.29, 1.82) is 0 Å². The Kier molecular flexibility index (Phi) is 5.44.